The lowest BCUT2D eigenvalue weighted by molar-refractivity contribution is -0.116. The van der Waals surface area contributed by atoms with Crippen molar-refractivity contribution in [2.24, 2.45) is 0 Å². The van der Waals surface area contributed by atoms with Gasteiger partial charge in [-0.1, -0.05) is 47.7 Å². The van der Waals surface area contributed by atoms with Gasteiger partial charge >= 0.3 is 0 Å². The van der Waals surface area contributed by atoms with Gasteiger partial charge in [-0.25, -0.2) is 4.68 Å². The summed E-state index contributed by atoms with van der Waals surface area (Å²) in [5, 5.41) is 8.93. The fourth-order valence-corrected chi connectivity index (χ4v) is 5.35. The average molecular weight is 447 g/mol. The van der Waals surface area contributed by atoms with Crippen LogP contribution < -0.4 is 10.1 Å². The minimum atomic E-state index is -0.275. The minimum absolute atomic E-state index is 0.185. The van der Waals surface area contributed by atoms with Gasteiger partial charge in [-0.2, -0.15) is 4.98 Å². The van der Waals surface area contributed by atoms with Gasteiger partial charge in [0.25, 0.3) is 0 Å². The van der Waals surface area contributed by atoms with Gasteiger partial charge in [-0.3, -0.25) is 4.79 Å². The van der Waals surface area contributed by atoms with E-state index in [1.807, 2.05) is 28.9 Å². The second-order valence-electron chi connectivity index (χ2n) is 8.35. The van der Waals surface area contributed by atoms with Crippen molar-refractivity contribution in [3.63, 3.8) is 0 Å². The lowest BCUT2D eigenvalue weighted by atomic mass is 9.85. The van der Waals surface area contributed by atoms with Crippen LogP contribution in [0.15, 0.2) is 58.9 Å². The zero-order chi connectivity index (χ0) is 22.2. The Hall–Kier alpha value is -3.06. The van der Waals surface area contributed by atoms with Crippen LogP contribution in [0.1, 0.15) is 47.6 Å². The standard InChI is InChI=1S/C25H26N4O2S/c1-15-7-8-18(16(2)13-15)14-32-25-27-24-26-20-5-4-6-21(30)22(20)23(29(24)28-25)17-9-11-19(31-3)12-10-17/h7-13,23H,4-6,14H2,1-3H3,(H,26,27,28)/t23-/m0/s1. The summed E-state index contributed by atoms with van der Waals surface area (Å²) in [5.41, 5.74) is 6.61. The SMILES string of the molecule is COc1ccc([C@H]2C3=C(CCCC3=O)Nc3nc(SCc4ccc(C)cc4C)nn32)cc1. The van der Waals surface area contributed by atoms with E-state index in [0.717, 1.165) is 41.2 Å². The monoisotopic (exact) mass is 446 g/mol. The molecule has 0 fully saturated rings. The number of Topliss-reactive ketones (excluding diaryl/α,β-unsaturated/α-hetero) is 1. The molecule has 0 radical (unpaired) electrons. The maximum Gasteiger partial charge on any atom is 0.227 e. The third-order valence-corrected chi connectivity index (χ3v) is 7.02. The number of hydrogen-bond donors (Lipinski definition) is 1. The number of ketones is 1. The number of hydrogen-bond acceptors (Lipinski definition) is 6. The van der Waals surface area contributed by atoms with Crippen LogP contribution in [0.4, 0.5) is 5.95 Å². The van der Waals surface area contributed by atoms with Crippen molar-refractivity contribution in [3.8, 4) is 5.75 Å². The van der Waals surface area contributed by atoms with E-state index in [0.29, 0.717) is 17.5 Å². The van der Waals surface area contributed by atoms with E-state index in [9.17, 15) is 4.79 Å². The third-order valence-electron chi connectivity index (χ3n) is 6.14. The number of thioether (sulfide) groups is 1. The quantitative estimate of drug-likeness (QED) is 0.542. The summed E-state index contributed by atoms with van der Waals surface area (Å²) < 4.78 is 7.19. The highest BCUT2D eigenvalue weighted by Crippen LogP contribution is 2.41. The van der Waals surface area contributed by atoms with E-state index >= 15 is 0 Å². The Labute approximate surface area is 192 Å². The molecule has 5 rings (SSSR count). The fourth-order valence-electron chi connectivity index (χ4n) is 4.44. The molecule has 164 valence electrons. The first kappa shape index (κ1) is 20.8. The van der Waals surface area contributed by atoms with E-state index in [-0.39, 0.29) is 11.8 Å². The number of carbonyl (C=O) groups excluding carboxylic acids is 1. The molecule has 0 spiro atoms. The molecule has 0 amide bonds. The summed E-state index contributed by atoms with van der Waals surface area (Å²) in [6.45, 7) is 4.25. The number of benzene rings is 2. The number of carbonyl (C=O) groups is 1. The number of nitrogens with one attached hydrogen (secondary N) is 1. The highest BCUT2D eigenvalue weighted by atomic mass is 32.2. The number of aryl methyl sites for hydroxylation is 2. The van der Waals surface area contributed by atoms with Crippen LogP contribution in [0.25, 0.3) is 0 Å². The van der Waals surface area contributed by atoms with Gasteiger partial charge in [0, 0.05) is 23.4 Å². The van der Waals surface area contributed by atoms with Crippen molar-refractivity contribution < 1.29 is 9.53 Å². The predicted molar refractivity (Wildman–Crippen MR) is 126 cm³/mol. The van der Waals surface area contributed by atoms with Crippen LogP contribution in [0.5, 0.6) is 5.75 Å². The van der Waals surface area contributed by atoms with Crippen molar-refractivity contribution >= 4 is 23.5 Å². The first-order valence-electron chi connectivity index (χ1n) is 10.9. The number of rotatable bonds is 5. The lowest BCUT2D eigenvalue weighted by Crippen LogP contribution is -2.31. The Morgan fingerprint density at radius 2 is 1.97 bits per heavy atom. The molecule has 1 atom stereocenters. The molecule has 7 heteroatoms. The molecule has 32 heavy (non-hydrogen) atoms. The van der Waals surface area contributed by atoms with Gasteiger partial charge in [0.05, 0.1) is 7.11 Å². The van der Waals surface area contributed by atoms with Crippen molar-refractivity contribution in [2.75, 3.05) is 12.4 Å². The van der Waals surface area contributed by atoms with E-state index < -0.39 is 0 Å². The molecule has 1 aliphatic carbocycles. The van der Waals surface area contributed by atoms with Crippen LogP contribution in [0.2, 0.25) is 0 Å². The van der Waals surface area contributed by atoms with Gasteiger partial charge in [0.15, 0.2) is 5.78 Å². The maximum absolute atomic E-state index is 12.9. The largest absolute Gasteiger partial charge is 0.497 e. The number of fused-ring (bicyclic) bond motifs is 1. The zero-order valence-electron chi connectivity index (χ0n) is 18.5. The number of methoxy groups -OCH3 is 1. The Morgan fingerprint density at radius 3 is 2.72 bits per heavy atom. The predicted octanol–water partition coefficient (Wildman–Crippen LogP) is 5.22. The number of anilines is 1. The first-order chi connectivity index (χ1) is 15.5. The Bertz CT molecular complexity index is 1210. The van der Waals surface area contributed by atoms with E-state index in [2.05, 4.69) is 37.4 Å². The van der Waals surface area contributed by atoms with E-state index in [1.165, 1.54) is 16.7 Å². The molecule has 0 bridgehead atoms. The highest BCUT2D eigenvalue weighted by Gasteiger charge is 2.36. The molecule has 2 heterocycles. The molecule has 0 unspecified atom stereocenters. The molecule has 0 saturated carbocycles. The minimum Gasteiger partial charge on any atom is -0.497 e. The van der Waals surface area contributed by atoms with Crippen LogP contribution in [0, 0.1) is 13.8 Å². The molecule has 2 aromatic carbocycles. The summed E-state index contributed by atoms with van der Waals surface area (Å²) in [5.74, 6) is 2.47. The molecular formula is C25H26N4O2S. The molecule has 3 aromatic rings. The molecule has 1 N–H and O–H groups in total. The van der Waals surface area contributed by atoms with Crippen LogP contribution in [0.3, 0.4) is 0 Å². The van der Waals surface area contributed by atoms with Crippen molar-refractivity contribution in [3.05, 3.63) is 76.0 Å². The highest BCUT2D eigenvalue weighted by molar-refractivity contribution is 7.98. The van der Waals surface area contributed by atoms with Crippen molar-refractivity contribution in [2.45, 2.75) is 50.1 Å². The number of ether oxygens (including phenoxy) is 1. The first-order valence-corrected chi connectivity index (χ1v) is 11.8. The summed E-state index contributed by atoms with van der Waals surface area (Å²) in [6.07, 6.45) is 2.29. The summed E-state index contributed by atoms with van der Waals surface area (Å²) in [7, 11) is 1.65. The fraction of sp³-hybridized carbons (Fsp3) is 0.320. The summed E-state index contributed by atoms with van der Waals surface area (Å²) in [4.78, 5) is 17.7. The van der Waals surface area contributed by atoms with E-state index in [4.69, 9.17) is 14.8 Å². The molecular weight excluding hydrogens is 420 g/mol. The molecule has 0 saturated heterocycles. The van der Waals surface area contributed by atoms with Gasteiger partial charge < -0.3 is 10.1 Å². The van der Waals surface area contributed by atoms with Crippen LogP contribution >= 0.6 is 11.8 Å². The summed E-state index contributed by atoms with van der Waals surface area (Å²) in [6, 6.07) is 14.1. The van der Waals surface area contributed by atoms with Gasteiger partial charge in [0.2, 0.25) is 11.1 Å². The number of aromatic nitrogens is 3. The van der Waals surface area contributed by atoms with Crippen molar-refractivity contribution in [1.29, 1.82) is 0 Å². The third kappa shape index (κ3) is 3.81. The second-order valence-corrected chi connectivity index (χ2v) is 9.29. The maximum atomic E-state index is 12.9. The Balaban J connectivity index is 1.49. The zero-order valence-corrected chi connectivity index (χ0v) is 19.3. The molecule has 1 aliphatic heterocycles. The average Bonchev–Trinajstić information content (AvgIpc) is 3.20. The van der Waals surface area contributed by atoms with Gasteiger partial charge in [0.1, 0.15) is 11.8 Å². The number of allylic oxidation sites excluding steroid dienone is 2. The van der Waals surface area contributed by atoms with E-state index in [1.54, 1.807) is 18.9 Å². The molecule has 6 nitrogen and oxygen atoms in total. The van der Waals surface area contributed by atoms with Gasteiger partial charge in [-0.15, -0.1) is 5.10 Å². The Morgan fingerprint density at radius 1 is 1.16 bits per heavy atom. The summed E-state index contributed by atoms with van der Waals surface area (Å²) >= 11 is 1.62. The Kier molecular flexibility index (Phi) is 5.51. The second kappa shape index (κ2) is 8.47. The van der Waals surface area contributed by atoms with Crippen LogP contribution in [-0.4, -0.2) is 27.7 Å². The topological polar surface area (TPSA) is 69.0 Å². The molecule has 1 aromatic heterocycles. The smallest absolute Gasteiger partial charge is 0.227 e. The number of nitrogens with zero attached hydrogens (tertiary/aromatic N) is 3. The normalized spacial score (nSPS) is 17.6. The molecule has 2 aliphatic rings. The van der Waals surface area contributed by atoms with Gasteiger partial charge in [-0.05, 0) is 55.5 Å². The van der Waals surface area contributed by atoms with Crippen LogP contribution in [-0.2, 0) is 10.5 Å². The lowest BCUT2D eigenvalue weighted by Gasteiger charge is -2.32. The van der Waals surface area contributed by atoms with Crippen molar-refractivity contribution in [1.82, 2.24) is 14.8 Å².